The summed E-state index contributed by atoms with van der Waals surface area (Å²) in [7, 11) is 0. The number of anilines is 1. The molecule has 3 atom stereocenters. The van der Waals surface area contributed by atoms with Gasteiger partial charge in [-0.15, -0.1) is 16.9 Å². The van der Waals surface area contributed by atoms with Crippen LogP contribution in [0, 0.1) is 0 Å². The number of alkyl carbamates (subject to hydrolysis) is 1. The van der Waals surface area contributed by atoms with Gasteiger partial charge < -0.3 is 31.0 Å². The van der Waals surface area contributed by atoms with E-state index in [9.17, 15) is 24.3 Å². The van der Waals surface area contributed by atoms with Crippen LogP contribution in [-0.4, -0.2) is 110 Å². The van der Waals surface area contributed by atoms with Gasteiger partial charge in [-0.1, -0.05) is 23.0 Å². The van der Waals surface area contributed by atoms with E-state index in [0.29, 0.717) is 36.0 Å². The van der Waals surface area contributed by atoms with E-state index in [-0.39, 0.29) is 34.2 Å². The minimum atomic E-state index is -1.26. The number of rotatable bonds is 13. The summed E-state index contributed by atoms with van der Waals surface area (Å²) >= 11 is 3.44. The van der Waals surface area contributed by atoms with E-state index in [0.717, 1.165) is 30.8 Å². The average molecular weight is 722 g/mol. The number of hydrogen-bond acceptors (Lipinski definition) is 16. The van der Waals surface area contributed by atoms with Gasteiger partial charge in [0.2, 0.25) is 16.7 Å². The van der Waals surface area contributed by atoms with Crippen molar-refractivity contribution in [3.63, 3.8) is 0 Å². The fraction of sp³-hybridized carbons (Fsp3) is 0.556. The number of carbonyl (C=O) groups excluding carboxylic acids is 3. The second kappa shape index (κ2) is 15.3. The highest BCUT2D eigenvalue weighted by molar-refractivity contribution is 8.01. The van der Waals surface area contributed by atoms with E-state index in [4.69, 9.17) is 15.3 Å². The number of oxime groups is 1. The SMILES string of the molecule is CC(C)(C)OC(=O)NCCCn1nnnc1SCC1=C(C(=O)O)N2C(=O)C(NC(=O)/C(=N\OC3C=CCCC3)c3nsc(N)n3)[C@H]2SC1. The van der Waals surface area contributed by atoms with Crippen molar-refractivity contribution in [2.75, 3.05) is 23.8 Å². The number of nitrogens with two attached hydrogens (primary N) is 1. The molecule has 3 aliphatic rings. The third-order valence-electron chi connectivity index (χ3n) is 6.98. The van der Waals surface area contributed by atoms with E-state index in [1.807, 2.05) is 12.2 Å². The summed E-state index contributed by atoms with van der Waals surface area (Å²) in [4.78, 5) is 61.7. The Morgan fingerprint density at radius 3 is 2.79 bits per heavy atom. The third kappa shape index (κ3) is 8.61. The van der Waals surface area contributed by atoms with Crippen LogP contribution < -0.4 is 16.4 Å². The van der Waals surface area contributed by atoms with Crippen molar-refractivity contribution < 1.29 is 33.9 Å². The van der Waals surface area contributed by atoms with Crippen LogP contribution in [0.5, 0.6) is 0 Å². The van der Waals surface area contributed by atoms with E-state index < -0.39 is 40.9 Å². The first-order valence-corrected chi connectivity index (χ1v) is 17.8. The van der Waals surface area contributed by atoms with Crippen LogP contribution in [0.3, 0.4) is 0 Å². The zero-order valence-corrected chi connectivity index (χ0v) is 28.8. The minimum Gasteiger partial charge on any atom is -0.477 e. The maximum absolute atomic E-state index is 13.4. The molecule has 2 unspecified atom stereocenters. The molecule has 1 fully saturated rings. The van der Waals surface area contributed by atoms with Gasteiger partial charge in [0.1, 0.15) is 28.8 Å². The number of thioether (sulfide) groups is 2. The summed E-state index contributed by atoms with van der Waals surface area (Å²) in [6, 6.07) is -1.01. The maximum atomic E-state index is 13.4. The molecular formula is C27H35N11O7S3. The first-order chi connectivity index (χ1) is 22.9. The van der Waals surface area contributed by atoms with Crippen molar-refractivity contribution >= 4 is 69.8 Å². The molecule has 0 bridgehead atoms. The van der Waals surface area contributed by atoms with E-state index in [1.165, 1.54) is 28.4 Å². The summed E-state index contributed by atoms with van der Waals surface area (Å²) in [6.07, 6.45) is 6.09. The number of amides is 3. The number of ether oxygens (including phenoxy) is 1. The summed E-state index contributed by atoms with van der Waals surface area (Å²) < 4.78 is 10.9. The highest BCUT2D eigenvalue weighted by Crippen LogP contribution is 2.41. The van der Waals surface area contributed by atoms with E-state index >= 15 is 0 Å². The second-order valence-electron chi connectivity index (χ2n) is 11.8. The number of β-lactam (4-membered cyclic amide) rings is 1. The van der Waals surface area contributed by atoms with Gasteiger partial charge in [0.05, 0.1) is 0 Å². The third-order valence-corrected chi connectivity index (χ3v) is 9.91. The predicted molar refractivity (Wildman–Crippen MR) is 176 cm³/mol. The molecule has 21 heteroatoms. The Labute approximate surface area is 287 Å². The summed E-state index contributed by atoms with van der Waals surface area (Å²) in [5, 5.41) is 31.1. The molecule has 0 spiro atoms. The van der Waals surface area contributed by atoms with Gasteiger partial charge in [-0.05, 0) is 68.5 Å². The second-order valence-corrected chi connectivity index (χ2v) is 14.6. The minimum absolute atomic E-state index is 0.0400. The quantitative estimate of drug-likeness (QED) is 0.0570. The van der Waals surface area contributed by atoms with Crippen molar-refractivity contribution in [3.05, 3.63) is 29.2 Å². The average Bonchev–Trinajstić information content (AvgIpc) is 3.68. The summed E-state index contributed by atoms with van der Waals surface area (Å²) in [5.74, 6) is -2.13. The van der Waals surface area contributed by atoms with Crippen LogP contribution in [0.1, 0.15) is 52.3 Å². The lowest BCUT2D eigenvalue weighted by Gasteiger charge is -2.49. The number of aryl methyl sites for hydroxylation is 1. The Bertz CT molecular complexity index is 1630. The number of allylic oxidation sites excluding steroid dienone is 1. The molecule has 0 radical (unpaired) electrons. The van der Waals surface area contributed by atoms with E-state index in [2.05, 4.69) is 40.7 Å². The van der Waals surface area contributed by atoms with Crippen molar-refractivity contribution in [1.82, 2.24) is 45.1 Å². The largest absolute Gasteiger partial charge is 0.477 e. The summed E-state index contributed by atoms with van der Waals surface area (Å²) in [5.41, 5.74) is 5.25. The van der Waals surface area contributed by atoms with Gasteiger partial charge in [-0.3, -0.25) is 14.5 Å². The molecule has 4 heterocycles. The Balaban J connectivity index is 1.20. The van der Waals surface area contributed by atoms with Gasteiger partial charge in [0.15, 0.2) is 5.13 Å². The zero-order chi connectivity index (χ0) is 34.4. The Morgan fingerprint density at radius 1 is 1.29 bits per heavy atom. The van der Waals surface area contributed by atoms with Crippen molar-refractivity contribution in [2.24, 2.45) is 5.16 Å². The molecular weight excluding hydrogens is 687 g/mol. The molecule has 258 valence electrons. The summed E-state index contributed by atoms with van der Waals surface area (Å²) in [6.45, 7) is 6.07. The van der Waals surface area contributed by atoms with Crippen molar-refractivity contribution in [3.8, 4) is 0 Å². The van der Waals surface area contributed by atoms with Crippen LogP contribution >= 0.6 is 35.1 Å². The topological polar surface area (TPSA) is 242 Å². The van der Waals surface area contributed by atoms with Crippen LogP contribution in [0.25, 0.3) is 0 Å². The van der Waals surface area contributed by atoms with Crippen molar-refractivity contribution in [1.29, 1.82) is 0 Å². The number of aromatic nitrogens is 6. The van der Waals surface area contributed by atoms with Crippen LogP contribution in [0.2, 0.25) is 0 Å². The number of tetrazole rings is 1. The molecule has 18 nitrogen and oxygen atoms in total. The number of nitrogens with zero attached hydrogens (tertiary/aromatic N) is 8. The highest BCUT2D eigenvalue weighted by Gasteiger charge is 2.54. The number of hydrogen-bond donors (Lipinski definition) is 4. The van der Waals surface area contributed by atoms with Crippen LogP contribution in [-0.2, 0) is 30.5 Å². The molecule has 2 aromatic heterocycles. The fourth-order valence-electron chi connectivity index (χ4n) is 4.83. The Hall–Kier alpha value is -4.24. The van der Waals surface area contributed by atoms with Crippen LogP contribution in [0.4, 0.5) is 9.93 Å². The molecule has 0 saturated carbocycles. The van der Waals surface area contributed by atoms with Gasteiger partial charge in [-0.25, -0.2) is 14.3 Å². The molecule has 1 saturated heterocycles. The standard InChI is InChI=1S/C27H35N11O7S3/c1-27(2,3)44-26(43)29-10-7-11-37-25(32-35-36-37)47-13-14-12-46-22-17(21(40)38(22)18(14)23(41)42)30-20(39)16(19-31-24(28)48-34-19)33-45-15-8-5-4-6-9-15/h5,8,15,17,22H,4,6-7,9-13H2,1-3H3,(H,29,43)(H,30,39)(H,41,42)(H2,28,31,34)/b33-16-/t15?,17?,22-/m1/s1. The number of carboxylic acids is 1. The lowest BCUT2D eigenvalue weighted by molar-refractivity contribution is -0.150. The number of carboxylic acid groups (broad SMARTS) is 1. The van der Waals surface area contributed by atoms with Gasteiger partial charge in [0.25, 0.3) is 11.8 Å². The molecule has 2 aromatic rings. The molecule has 1 aliphatic carbocycles. The van der Waals surface area contributed by atoms with Crippen molar-refractivity contribution in [2.45, 2.75) is 81.3 Å². The lowest BCUT2D eigenvalue weighted by atomic mass is 10.0. The molecule has 48 heavy (non-hydrogen) atoms. The van der Waals surface area contributed by atoms with Gasteiger partial charge in [0, 0.05) is 36.1 Å². The Kier molecular flexibility index (Phi) is 11.2. The number of carbonyl (C=O) groups is 4. The lowest BCUT2D eigenvalue weighted by Crippen LogP contribution is -2.71. The maximum Gasteiger partial charge on any atom is 0.407 e. The zero-order valence-electron chi connectivity index (χ0n) is 26.3. The van der Waals surface area contributed by atoms with Gasteiger partial charge >= 0.3 is 12.1 Å². The monoisotopic (exact) mass is 721 g/mol. The molecule has 0 aromatic carbocycles. The highest BCUT2D eigenvalue weighted by atomic mass is 32.2. The molecule has 3 amide bonds. The van der Waals surface area contributed by atoms with Gasteiger partial charge in [-0.2, -0.15) is 9.36 Å². The van der Waals surface area contributed by atoms with Crippen LogP contribution in [0.15, 0.2) is 33.7 Å². The first kappa shape index (κ1) is 35.1. The number of nitrogens with one attached hydrogen (secondary N) is 2. The number of nitrogen functional groups attached to an aromatic ring is 1. The molecule has 5 rings (SSSR count). The Morgan fingerprint density at radius 2 is 2.10 bits per heavy atom. The predicted octanol–water partition coefficient (Wildman–Crippen LogP) is 1.38. The molecule has 5 N–H and O–H groups in total. The molecule has 2 aliphatic heterocycles. The normalized spacial score (nSPS) is 21.0. The smallest absolute Gasteiger partial charge is 0.407 e. The first-order valence-electron chi connectivity index (χ1n) is 15.0. The number of aliphatic carboxylic acids is 1. The number of fused-ring (bicyclic) bond motifs is 1. The fourth-order valence-corrected chi connectivity index (χ4v) is 7.66. The van der Waals surface area contributed by atoms with E-state index in [1.54, 1.807) is 25.5 Å².